The number of aromatic nitrogens is 1. The Hall–Kier alpha value is -0.830. The van der Waals surface area contributed by atoms with Gasteiger partial charge in [-0.25, -0.2) is 0 Å². The largest absolute Gasteiger partial charge is 0.298 e. The van der Waals surface area contributed by atoms with Crippen molar-refractivity contribution in [2.45, 2.75) is 18.2 Å². The highest BCUT2D eigenvalue weighted by molar-refractivity contribution is 8.00. The van der Waals surface area contributed by atoms with Gasteiger partial charge in [-0.1, -0.05) is 0 Å². The van der Waals surface area contributed by atoms with E-state index in [1.54, 1.807) is 11.8 Å². The first kappa shape index (κ1) is 7.80. The third kappa shape index (κ3) is 1.37. The zero-order valence-electron chi connectivity index (χ0n) is 6.83. The maximum absolute atomic E-state index is 11.0. The van der Waals surface area contributed by atoms with Crippen LogP contribution in [0.25, 0.3) is 0 Å². The summed E-state index contributed by atoms with van der Waals surface area (Å²) >= 11 is 1.60. The van der Waals surface area contributed by atoms with Crippen molar-refractivity contribution < 1.29 is 4.79 Å². The first-order chi connectivity index (χ1) is 5.75. The van der Waals surface area contributed by atoms with E-state index >= 15 is 0 Å². The molecule has 62 valence electrons. The number of hydrogen-bond donors (Lipinski definition) is 0. The fourth-order valence-electron chi connectivity index (χ4n) is 1.22. The second kappa shape index (κ2) is 2.90. The summed E-state index contributed by atoms with van der Waals surface area (Å²) in [5.41, 5.74) is 2.11. The number of fused-ring (bicyclic) bond motifs is 1. The Morgan fingerprint density at radius 3 is 3.25 bits per heavy atom. The molecule has 0 saturated carbocycles. The van der Waals surface area contributed by atoms with Crippen LogP contribution in [-0.2, 0) is 11.2 Å². The molecule has 0 amide bonds. The summed E-state index contributed by atoms with van der Waals surface area (Å²) in [6, 6.07) is 2.10. The minimum absolute atomic E-state index is 0.281. The number of thioether (sulfide) groups is 1. The molecule has 0 radical (unpaired) electrons. The van der Waals surface area contributed by atoms with Gasteiger partial charge < -0.3 is 0 Å². The van der Waals surface area contributed by atoms with Crippen LogP contribution in [0.1, 0.15) is 11.3 Å². The monoisotopic (exact) mass is 179 g/mol. The van der Waals surface area contributed by atoms with E-state index in [1.807, 2.05) is 13.1 Å². The maximum Gasteiger partial charge on any atom is 0.149 e. The highest BCUT2D eigenvalue weighted by atomic mass is 32.2. The molecule has 0 saturated heterocycles. The lowest BCUT2D eigenvalue weighted by molar-refractivity contribution is -0.116. The Balaban J connectivity index is 2.43. The molecule has 1 aromatic rings. The van der Waals surface area contributed by atoms with Gasteiger partial charge in [0.2, 0.25) is 0 Å². The number of hydrogen-bond acceptors (Lipinski definition) is 3. The predicted molar refractivity (Wildman–Crippen MR) is 48.4 cm³/mol. The fraction of sp³-hybridized carbons (Fsp3) is 0.333. The van der Waals surface area contributed by atoms with Crippen LogP contribution in [0.5, 0.6) is 0 Å². The number of ketones is 1. The number of rotatable bonds is 0. The van der Waals surface area contributed by atoms with Crippen LogP contribution in [0.15, 0.2) is 17.2 Å². The van der Waals surface area contributed by atoms with Crippen molar-refractivity contribution in [2.75, 3.05) is 5.75 Å². The lowest BCUT2D eigenvalue weighted by Gasteiger charge is -2.12. The molecule has 3 heteroatoms. The molecule has 2 rings (SSSR count). The van der Waals surface area contributed by atoms with Gasteiger partial charge >= 0.3 is 0 Å². The maximum atomic E-state index is 11.0. The summed E-state index contributed by atoms with van der Waals surface area (Å²) in [5.74, 6) is 0.891. The molecule has 1 aliphatic rings. The van der Waals surface area contributed by atoms with Crippen LogP contribution < -0.4 is 0 Å². The second-order valence-corrected chi connectivity index (χ2v) is 3.98. The van der Waals surface area contributed by atoms with E-state index in [0.29, 0.717) is 12.2 Å². The zero-order chi connectivity index (χ0) is 8.55. The molecule has 2 nitrogen and oxygen atoms in total. The third-order valence-corrected chi connectivity index (χ3v) is 2.95. The van der Waals surface area contributed by atoms with E-state index in [1.165, 1.54) is 4.90 Å². The second-order valence-electron chi connectivity index (χ2n) is 2.96. The van der Waals surface area contributed by atoms with E-state index < -0.39 is 0 Å². The predicted octanol–water partition coefficient (Wildman–Crippen LogP) is 1.61. The summed E-state index contributed by atoms with van der Waals surface area (Å²) in [6.07, 6.45) is 2.33. The van der Waals surface area contributed by atoms with Crippen molar-refractivity contribution in [2.24, 2.45) is 0 Å². The van der Waals surface area contributed by atoms with Gasteiger partial charge in [-0.15, -0.1) is 11.8 Å². The molecule has 2 heterocycles. The Kier molecular flexibility index (Phi) is 1.89. The topological polar surface area (TPSA) is 30.0 Å². The molecule has 0 aromatic carbocycles. The lowest BCUT2D eigenvalue weighted by atomic mass is 10.2. The molecule has 1 aliphatic heterocycles. The lowest BCUT2D eigenvalue weighted by Crippen LogP contribution is -2.13. The number of nitrogens with zero attached hydrogens (tertiary/aromatic N) is 1. The van der Waals surface area contributed by atoms with Crippen LogP contribution in [0.4, 0.5) is 0 Å². The first-order valence-corrected chi connectivity index (χ1v) is 4.84. The molecule has 0 N–H and O–H groups in total. The van der Waals surface area contributed by atoms with Crippen molar-refractivity contribution >= 4 is 17.5 Å². The SMILES string of the molecule is Cc1cnc2c(c1)SCC(=O)C2. The van der Waals surface area contributed by atoms with Crippen LogP contribution in [0.2, 0.25) is 0 Å². The van der Waals surface area contributed by atoms with E-state index in [0.717, 1.165) is 11.3 Å². The average Bonchev–Trinajstić information content (AvgIpc) is 2.05. The van der Waals surface area contributed by atoms with Gasteiger partial charge in [-0.2, -0.15) is 0 Å². The minimum atomic E-state index is 0.281. The smallest absolute Gasteiger partial charge is 0.149 e. The van der Waals surface area contributed by atoms with Crippen molar-refractivity contribution in [3.05, 3.63) is 23.5 Å². The van der Waals surface area contributed by atoms with Crippen LogP contribution >= 0.6 is 11.8 Å². The Bertz CT molecular complexity index is 335. The van der Waals surface area contributed by atoms with Crippen molar-refractivity contribution in [1.29, 1.82) is 0 Å². The van der Waals surface area contributed by atoms with Gasteiger partial charge in [0, 0.05) is 11.1 Å². The fourth-order valence-corrected chi connectivity index (χ4v) is 2.20. The standard InChI is InChI=1S/C9H9NOS/c1-6-2-9-8(10-4-6)3-7(11)5-12-9/h2,4H,3,5H2,1H3. The van der Waals surface area contributed by atoms with Gasteiger partial charge in [0.15, 0.2) is 0 Å². The Morgan fingerprint density at radius 2 is 2.42 bits per heavy atom. The first-order valence-electron chi connectivity index (χ1n) is 3.86. The number of aryl methyl sites for hydroxylation is 1. The third-order valence-electron chi connectivity index (χ3n) is 1.82. The van der Waals surface area contributed by atoms with Crippen LogP contribution in [0.3, 0.4) is 0 Å². The summed E-state index contributed by atoms with van der Waals surface area (Å²) in [6.45, 7) is 2.02. The molecule has 0 spiro atoms. The number of carbonyl (C=O) groups excluding carboxylic acids is 1. The number of carbonyl (C=O) groups is 1. The number of pyridine rings is 1. The summed E-state index contributed by atoms with van der Waals surface area (Å²) in [5, 5.41) is 0. The molecular weight excluding hydrogens is 170 g/mol. The highest BCUT2D eigenvalue weighted by Gasteiger charge is 2.16. The average molecular weight is 179 g/mol. The van der Waals surface area contributed by atoms with Crippen molar-refractivity contribution in [3.63, 3.8) is 0 Å². The molecular formula is C9H9NOS. The summed E-state index contributed by atoms with van der Waals surface area (Å²) in [4.78, 5) is 16.5. The molecule has 1 aromatic heterocycles. The minimum Gasteiger partial charge on any atom is -0.298 e. The van der Waals surface area contributed by atoms with E-state index in [4.69, 9.17) is 0 Å². The summed E-state index contributed by atoms with van der Waals surface area (Å²) < 4.78 is 0. The molecule has 0 bridgehead atoms. The molecule has 0 unspecified atom stereocenters. The van der Waals surface area contributed by atoms with Gasteiger partial charge in [0.1, 0.15) is 5.78 Å². The quantitative estimate of drug-likeness (QED) is 0.606. The molecule has 0 aliphatic carbocycles. The van der Waals surface area contributed by atoms with Gasteiger partial charge in [0.25, 0.3) is 0 Å². The Labute approximate surface area is 75.4 Å². The van der Waals surface area contributed by atoms with Crippen LogP contribution in [0, 0.1) is 6.92 Å². The van der Waals surface area contributed by atoms with Gasteiger partial charge in [-0.05, 0) is 18.6 Å². The van der Waals surface area contributed by atoms with E-state index in [-0.39, 0.29) is 5.78 Å². The van der Waals surface area contributed by atoms with Crippen LogP contribution in [-0.4, -0.2) is 16.5 Å². The summed E-state index contributed by atoms with van der Waals surface area (Å²) in [7, 11) is 0. The van der Waals surface area contributed by atoms with Crippen molar-refractivity contribution in [1.82, 2.24) is 4.98 Å². The van der Waals surface area contributed by atoms with E-state index in [2.05, 4.69) is 11.1 Å². The molecule has 12 heavy (non-hydrogen) atoms. The van der Waals surface area contributed by atoms with E-state index in [9.17, 15) is 4.79 Å². The number of Topliss-reactive ketones (excluding diaryl/α,β-unsaturated/α-hetero) is 1. The molecule has 0 atom stereocenters. The Morgan fingerprint density at radius 1 is 1.58 bits per heavy atom. The molecule has 0 fully saturated rings. The van der Waals surface area contributed by atoms with Crippen molar-refractivity contribution in [3.8, 4) is 0 Å². The van der Waals surface area contributed by atoms with Gasteiger partial charge in [-0.3, -0.25) is 9.78 Å². The highest BCUT2D eigenvalue weighted by Crippen LogP contribution is 2.27. The normalized spacial score (nSPS) is 15.9. The zero-order valence-corrected chi connectivity index (χ0v) is 7.65. The van der Waals surface area contributed by atoms with Gasteiger partial charge in [0.05, 0.1) is 17.9 Å².